The summed E-state index contributed by atoms with van der Waals surface area (Å²) in [5.74, 6) is 0. The van der Waals surface area contributed by atoms with Crippen LogP contribution in [0.4, 0.5) is 0 Å². The summed E-state index contributed by atoms with van der Waals surface area (Å²) in [7, 11) is -1.74. The van der Waals surface area contributed by atoms with Gasteiger partial charge in [0.2, 0.25) is 0 Å². The fourth-order valence-electron chi connectivity index (χ4n) is 10.5. The van der Waals surface area contributed by atoms with Crippen LogP contribution in [0.3, 0.4) is 0 Å². The minimum atomic E-state index is -1.74. The molecule has 59 heavy (non-hydrogen) atoms. The lowest BCUT2D eigenvalue weighted by Crippen LogP contribution is -2.47. The van der Waals surface area contributed by atoms with Gasteiger partial charge in [0, 0.05) is 32.3 Å². The highest BCUT2D eigenvalue weighted by molar-refractivity contribution is 6.92. The molecule has 294 valence electrons. The third kappa shape index (κ3) is 6.31. The first-order valence-electron chi connectivity index (χ1n) is 22.3. The Morgan fingerprint density at radius 3 is 1.02 bits per heavy atom. The van der Waals surface area contributed by atoms with E-state index in [1.807, 2.05) is 0 Å². The molecule has 0 radical (unpaired) electrons. The first-order chi connectivity index (χ1) is 29.1. The standard InChI is InChI=1S/C55H55N3Si/c1-4-7-20-35-59(33-8-5-2,34-9-6-3)43-31-32-55-49(39-43)48-25-14-19-30-54(48)58(55)42-37-40(56-50-26-15-10-21-44(50)45-22-11-16-27-51(45)56)36-41(38-42)57-52-28-17-12-23-46(52)47-24-13-18-29-53(47)57/h10-19,21-32,36-39H,4-9,20,33-35H2,1-3H3. The Morgan fingerprint density at radius 1 is 0.322 bits per heavy atom. The summed E-state index contributed by atoms with van der Waals surface area (Å²) in [6, 6.07) is 63.9. The molecule has 3 heterocycles. The molecule has 0 unspecified atom stereocenters. The second-order valence-electron chi connectivity index (χ2n) is 17.0. The highest BCUT2D eigenvalue weighted by Crippen LogP contribution is 2.40. The van der Waals surface area contributed by atoms with Gasteiger partial charge in [-0.15, -0.1) is 0 Å². The minimum Gasteiger partial charge on any atom is -0.309 e. The van der Waals surface area contributed by atoms with E-state index in [1.54, 1.807) is 5.19 Å². The van der Waals surface area contributed by atoms with Crippen molar-refractivity contribution < 1.29 is 0 Å². The van der Waals surface area contributed by atoms with Crippen LogP contribution in [0, 0.1) is 0 Å². The van der Waals surface area contributed by atoms with Gasteiger partial charge in [0.1, 0.15) is 0 Å². The zero-order valence-electron chi connectivity index (χ0n) is 34.9. The number of rotatable bonds is 14. The normalized spacial score (nSPS) is 12.3. The number of aromatic nitrogens is 3. The molecule has 3 aromatic heterocycles. The van der Waals surface area contributed by atoms with E-state index in [-0.39, 0.29) is 0 Å². The molecular formula is C55H55N3Si. The Balaban J connectivity index is 1.27. The molecule has 7 aromatic carbocycles. The molecule has 0 amide bonds. The monoisotopic (exact) mass is 785 g/mol. The third-order valence-corrected chi connectivity index (χ3v) is 18.9. The fourth-order valence-corrected chi connectivity index (χ4v) is 16.0. The molecule has 0 bridgehead atoms. The lowest BCUT2D eigenvalue weighted by Gasteiger charge is -2.33. The second-order valence-corrected chi connectivity index (χ2v) is 21.6. The number of hydrogen-bond donors (Lipinski definition) is 0. The van der Waals surface area contributed by atoms with Crippen LogP contribution in [0.25, 0.3) is 82.5 Å². The largest absolute Gasteiger partial charge is 0.309 e. The van der Waals surface area contributed by atoms with Gasteiger partial charge in [-0.25, -0.2) is 0 Å². The first-order valence-corrected chi connectivity index (χ1v) is 24.9. The molecule has 0 fully saturated rings. The zero-order chi connectivity index (χ0) is 39.9. The van der Waals surface area contributed by atoms with Crippen molar-refractivity contribution in [3.63, 3.8) is 0 Å². The summed E-state index contributed by atoms with van der Waals surface area (Å²) in [5, 5.41) is 9.49. The van der Waals surface area contributed by atoms with Crippen LogP contribution in [0.15, 0.2) is 158 Å². The Hall–Kier alpha value is -5.84. The Bertz CT molecular complexity index is 2870. The van der Waals surface area contributed by atoms with Crippen LogP contribution < -0.4 is 5.19 Å². The smallest absolute Gasteiger partial charge is 0.0867 e. The lowest BCUT2D eigenvalue weighted by atomic mass is 10.1. The summed E-state index contributed by atoms with van der Waals surface area (Å²) in [4.78, 5) is 0. The van der Waals surface area contributed by atoms with E-state index in [0.29, 0.717) is 0 Å². The SMILES string of the molecule is CCCCC[Si](CCCC)(CCCC)c1ccc2c(c1)c1ccccc1n2-c1cc(-n2c3ccccc3c3ccccc32)cc(-n2c3ccccc3c3ccccc32)c1. The van der Waals surface area contributed by atoms with E-state index in [9.17, 15) is 0 Å². The third-order valence-electron chi connectivity index (χ3n) is 13.4. The summed E-state index contributed by atoms with van der Waals surface area (Å²) >= 11 is 0. The summed E-state index contributed by atoms with van der Waals surface area (Å²) in [6.45, 7) is 7.11. The van der Waals surface area contributed by atoms with E-state index in [2.05, 4.69) is 192 Å². The topological polar surface area (TPSA) is 14.8 Å². The predicted molar refractivity (Wildman–Crippen MR) is 259 cm³/mol. The number of unbranched alkanes of at least 4 members (excludes halogenated alkanes) is 4. The lowest BCUT2D eigenvalue weighted by molar-refractivity contribution is 0.748. The number of nitrogens with zero attached hydrogens (tertiary/aromatic N) is 3. The zero-order valence-corrected chi connectivity index (χ0v) is 35.9. The summed E-state index contributed by atoms with van der Waals surface area (Å²) in [5.41, 5.74) is 10.9. The molecule has 0 aliphatic carbocycles. The molecule has 10 aromatic rings. The van der Waals surface area contributed by atoms with Crippen molar-refractivity contribution in [2.75, 3.05) is 0 Å². The minimum absolute atomic E-state index is 1.15. The van der Waals surface area contributed by atoms with Crippen LogP contribution in [-0.2, 0) is 0 Å². The number of hydrogen-bond acceptors (Lipinski definition) is 0. The summed E-state index contributed by atoms with van der Waals surface area (Å²) in [6.07, 6.45) is 9.19. The van der Waals surface area contributed by atoms with Gasteiger partial charge < -0.3 is 13.7 Å². The molecule has 0 atom stereocenters. The average molecular weight is 786 g/mol. The van der Waals surface area contributed by atoms with Crippen molar-refractivity contribution in [2.45, 2.75) is 83.8 Å². The average Bonchev–Trinajstić information content (AvgIpc) is 3.93. The van der Waals surface area contributed by atoms with E-state index < -0.39 is 8.07 Å². The highest BCUT2D eigenvalue weighted by atomic mass is 28.3. The van der Waals surface area contributed by atoms with Crippen molar-refractivity contribution in [3.05, 3.63) is 158 Å². The quantitative estimate of drug-likeness (QED) is 0.0770. The molecule has 0 saturated heterocycles. The Kier molecular flexibility index (Phi) is 9.98. The molecule has 0 aliphatic heterocycles. The van der Waals surface area contributed by atoms with Crippen molar-refractivity contribution in [1.29, 1.82) is 0 Å². The van der Waals surface area contributed by atoms with Crippen LogP contribution in [-0.4, -0.2) is 21.8 Å². The number of benzene rings is 7. The van der Waals surface area contributed by atoms with Crippen molar-refractivity contribution >= 4 is 78.7 Å². The van der Waals surface area contributed by atoms with Crippen molar-refractivity contribution in [3.8, 4) is 17.1 Å². The molecule has 0 saturated carbocycles. The maximum atomic E-state index is 2.67. The van der Waals surface area contributed by atoms with E-state index in [0.717, 1.165) is 11.4 Å². The fraction of sp³-hybridized carbons (Fsp3) is 0.236. The van der Waals surface area contributed by atoms with Crippen molar-refractivity contribution in [2.24, 2.45) is 0 Å². The molecule has 0 spiro atoms. The molecule has 0 N–H and O–H groups in total. The van der Waals surface area contributed by atoms with E-state index in [4.69, 9.17) is 0 Å². The van der Waals surface area contributed by atoms with Crippen molar-refractivity contribution in [1.82, 2.24) is 13.7 Å². The van der Waals surface area contributed by atoms with Gasteiger partial charge in [-0.2, -0.15) is 0 Å². The number of para-hydroxylation sites is 5. The van der Waals surface area contributed by atoms with Gasteiger partial charge in [-0.3, -0.25) is 0 Å². The van der Waals surface area contributed by atoms with Crippen LogP contribution in [0.2, 0.25) is 18.1 Å². The first kappa shape index (κ1) is 37.4. The second kappa shape index (κ2) is 15.7. The molecular weight excluding hydrogens is 731 g/mol. The van der Waals surface area contributed by atoms with Gasteiger partial charge in [-0.1, -0.05) is 192 Å². The predicted octanol–water partition coefficient (Wildman–Crippen LogP) is 15.4. The van der Waals surface area contributed by atoms with Gasteiger partial charge in [0.05, 0.1) is 58.2 Å². The molecule has 10 rings (SSSR count). The molecule has 0 aliphatic rings. The van der Waals surface area contributed by atoms with Gasteiger partial charge in [0.25, 0.3) is 0 Å². The van der Waals surface area contributed by atoms with E-state index >= 15 is 0 Å². The highest BCUT2D eigenvalue weighted by Gasteiger charge is 2.34. The van der Waals surface area contributed by atoms with Crippen LogP contribution in [0.1, 0.15) is 65.7 Å². The number of fused-ring (bicyclic) bond motifs is 9. The maximum Gasteiger partial charge on any atom is 0.0867 e. The molecule has 3 nitrogen and oxygen atoms in total. The Morgan fingerprint density at radius 2 is 0.644 bits per heavy atom. The van der Waals surface area contributed by atoms with Crippen LogP contribution in [0.5, 0.6) is 0 Å². The maximum absolute atomic E-state index is 2.67. The molecule has 4 heteroatoms. The van der Waals surface area contributed by atoms with E-state index in [1.165, 1.54) is 134 Å². The van der Waals surface area contributed by atoms with Gasteiger partial charge >= 0.3 is 0 Å². The Labute approximate surface area is 349 Å². The van der Waals surface area contributed by atoms with Crippen LogP contribution >= 0.6 is 0 Å². The van der Waals surface area contributed by atoms with Gasteiger partial charge in [0.15, 0.2) is 0 Å². The summed E-state index contributed by atoms with van der Waals surface area (Å²) < 4.78 is 7.52. The van der Waals surface area contributed by atoms with Gasteiger partial charge in [-0.05, 0) is 54.6 Å².